The molecule has 0 aromatic rings. The van der Waals surface area contributed by atoms with Gasteiger partial charge >= 0.3 is 61.6 Å². The first-order chi connectivity index (χ1) is 9.91. The Balaban J connectivity index is -0.0000000627. The second kappa shape index (κ2) is 21.4. The van der Waals surface area contributed by atoms with Crippen LogP contribution in [0.25, 0.3) is 0 Å². The fraction of sp³-hybridized carbons (Fsp3) is 1.00. The molecule has 0 aromatic carbocycles. The van der Waals surface area contributed by atoms with Crippen LogP contribution >= 0.6 is 17.2 Å². The molecule has 0 aliphatic carbocycles. The minimum atomic E-state index is -0.946. The van der Waals surface area contributed by atoms with Crippen molar-refractivity contribution in [2.24, 2.45) is 0 Å². The zero-order valence-corrected chi connectivity index (χ0v) is 25.1. The number of hydrogen-bond donors (Lipinski definition) is 3. The molecule has 3 N–H and O–H groups in total. The Morgan fingerprint density at radius 3 is 0.833 bits per heavy atom. The van der Waals surface area contributed by atoms with Gasteiger partial charge in [0.05, 0.1) is 16.8 Å². The van der Waals surface area contributed by atoms with E-state index in [1.54, 1.807) is 62.3 Å². The second-order valence-electron chi connectivity index (χ2n) is 7.91. The fourth-order valence-corrected chi connectivity index (χ4v) is 0.510. The quantitative estimate of drug-likeness (QED) is 0.373. The van der Waals surface area contributed by atoms with E-state index in [-0.39, 0.29) is 23.9 Å². The standard InChI is InChI=1S/C4H8O.3C4H10O.2ClH.In.Sn.H/c1-2-4-5-3-1;3*1-4(2,3)5;;;;;/h1-4H2;3*5H,1-3H3;2*1H;;;/q;;;;;;+2;;/p-2. The summed E-state index contributed by atoms with van der Waals surface area (Å²) in [5.74, 6) is 0. The second-order valence-corrected chi connectivity index (χ2v) is 12.8. The van der Waals surface area contributed by atoms with E-state index < -0.39 is 37.3 Å². The predicted octanol–water partition coefficient (Wildman–Crippen LogP) is 3.48. The Bertz CT molecular complexity index is 169. The van der Waals surface area contributed by atoms with Crippen LogP contribution in [0.4, 0.5) is 0 Å². The summed E-state index contributed by atoms with van der Waals surface area (Å²) in [6.07, 6.45) is 2.56. The van der Waals surface area contributed by atoms with E-state index >= 15 is 0 Å². The molecular formula is C16H39Cl2InO4Sn. The van der Waals surface area contributed by atoms with E-state index in [0.29, 0.717) is 0 Å². The molecule has 0 saturated carbocycles. The number of halogens is 2. The molecule has 1 aliphatic heterocycles. The SMILES string of the molecule is C1CCOC1.CC(C)(C)O.CC(C)(C)O.CC(C)(C)O.[Cl][In][Cl].[SnH]. The molecular weight excluding hydrogens is 561 g/mol. The third-order valence-corrected chi connectivity index (χ3v) is 0.827. The molecule has 8 heteroatoms. The number of rotatable bonds is 0. The molecule has 1 rings (SSSR count). The van der Waals surface area contributed by atoms with Gasteiger partial charge in [-0.3, -0.25) is 0 Å². The molecule has 0 spiro atoms. The van der Waals surface area contributed by atoms with Gasteiger partial charge in [0.1, 0.15) is 0 Å². The van der Waals surface area contributed by atoms with Crippen LogP contribution in [0, 0.1) is 0 Å². The van der Waals surface area contributed by atoms with Gasteiger partial charge in [-0.15, -0.1) is 0 Å². The molecule has 0 atom stereocenters. The molecule has 1 aliphatic rings. The van der Waals surface area contributed by atoms with Gasteiger partial charge in [0.2, 0.25) is 0 Å². The number of aliphatic hydroxyl groups is 3. The van der Waals surface area contributed by atoms with Gasteiger partial charge in [-0.05, 0) is 75.2 Å². The van der Waals surface area contributed by atoms with Gasteiger partial charge in [-0.25, -0.2) is 0 Å². The van der Waals surface area contributed by atoms with Crippen LogP contribution in [0.5, 0.6) is 0 Å². The summed E-state index contributed by atoms with van der Waals surface area (Å²) in [5.41, 5.74) is -1.50. The van der Waals surface area contributed by atoms with Crippen LogP contribution in [0.1, 0.15) is 75.2 Å². The first-order valence-electron chi connectivity index (χ1n) is 7.68. The van der Waals surface area contributed by atoms with E-state index in [1.807, 2.05) is 0 Å². The first-order valence-corrected chi connectivity index (χ1v) is 16.0. The van der Waals surface area contributed by atoms with Crippen LogP contribution in [-0.2, 0) is 4.74 Å². The van der Waals surface area contributed by atoms with E-state index in [2.05, 4.69) is 0 Å². The van der Waals surface area contributed by atoms with Crippen molar-refractivity contribution in [3.05, 3.63) is 0 Å². The van der Waals surface area contributed by atoms with Gasteiger partial charge < -0.3 is 20.1 Å². The topological polar surface area (TPSA) is 69.9 Å². The monoisotopic (exact) mass is 600 g/mol. The Hall–Kier alpha value is 2.09. The Morgan fingerprint density at radius 1 is 0.667 bits per heavy atom. The maximum absolute atomic E-state index is 8.52. The van der Waals surface area contributed by atoms with Gasteiger partial charge in [-0.2, -0.15) is 0 Å². The molecule has 1 heterocycles. The van der Waals surface area contributed by atoms with Crippen LogP contribution in [0.3, 0.4) is 0 Å². The van der Waals surface area contributed by atoms with Crippen molar-refractivity contribution in [2.45, 2.75) is 92.0 Å². The maximum atomic E-state index is 8.52. The van der Waals surface area contributed by atoms with E-state index in [0.717, 1.165) is 13.2 Å². The summed E-state index contributed by atoms with van der Waals surface area (Å²) < 4.78 is 4.94. The summed E-state index contributed by atoms with van der Waals surface area (Å²) in [4.78, 5) is 0. The van der Waals surface area contributed by atoms with Crippen molar-refractivity contribution >= 4 is 61.6 Å². The first kappa shape index (κ1) is 36.9. The molecule has 4 radical (unpaired) electrons. The Morgan fingerprint density at radius 2 is 0.792 bits per heavy atom. The Kier molecular flexibility index (Phi) is 32.9. The molecule has 0 amide bonds. The van der Waals surface area contributed by atoms with Gasteiger partial charge in [0.15, 0.2) is 0 Å². The fourth-order valence-electron chi connectivity index (χ4n) is 0.510. The van der Waals surface area contributed by atoms with E-state index in [1.165, 1.54) is 12.8 Å². The molecule has 0 aromatic heterocycles. The summed E-state index contributed by atoms with van der Waals surface area (Å²) in [6, 6.07) is 0. The zero-order chi connectivity index (χ0) is 19.7. The van der Waals surface area contributed by atoms with Crippen LogP contribution in [0.2, 0.25) is 0 Å². The average molecular weight is 600 g/mol. The average Bonchev–Trinajstić information content (AvgIpc) is 2.64. The van der Waals surface area contributed by atoms with Crippen molar-refractivity contribution in [1.29, 1.82) is 0 Å². The van der Waals surface area contributed by atoms with Crippen LogP contribution in [-0.4, -0.2) is 89.8 Å². The minimum absolute atomic E-state index is 0. The predicted molar refractivity (Wildman–Crippen MR) is 111 cm³/mol. The van der Waals surface area contributed by atoms with Crippen molar-refractivity contribution in [2.75, 3.05) is 13.2 Å². The van der Waals surface area contributed by atoms with Crippen molar-refractivity contribution in [1.82, 2.24) is 0 Å². The zero-order valence-electron chi connectivity index (χ0n) is 17.0. The molecule has 24 heavy (non-hydrogen) atoms. The molecule has 1 fully saturated rings. The third-order valence-electron chi connectivity index (χ3n) is 0.827. The van der Waals surface area contributed by atoms with Crippen molar-refractivity contribution in [3.8, 4) is 0 Å². The Labute approximate surface area is 185 Å². The number of ether oxygens (including phenoxy) is 1. The summed E-state index contributed by atoms with van der Waals surface area (Å²) in [7, 11) is 9.91. The normalized spacial score (nSPS) is 13.1. The van der Waals surface area contributed by atoms with Crippen molar-refractivity contribution < 1.29 is 20.1 Å². The van der Waals surface area contributed by atoms with Crippen LogP contribution < -0.4 is 0 Å². The van der Waals surface area contributed by atoms with Gasteiger partial charge in [-0.1, -0.05) is 0 Å². The third kappa shape index (κ3) is 256. The van der Waals surface area contributed by atoms with E-state index in [4.69, 9.17) is 37.2 Å². The molecule has 0 bridgehead atoms. The van der Waals surface area contributed by atoms with Gasteiger partial charge in [0.25, 0.3) is 0 Å². The van der Waals surface area contributed by atoms with Crippen molar-refractivity contribution in [3.63, 3.8) is 0 Å². The van der Waals surface area contributed by atoms with E-state index in [9.17, 15) is 0 Å². The molecule has 148 valence electrons. The summed E-state index contributed by atoms with van der Waals surface area (Å²) in [5, 5.41) is 25.6. The van der Waals surface area contributed by atoms with Gasteiger partial charge in [0, 0.05) is 13.2 Å². The van der Waals surface area contributed by atoms with Crippen LogP contribution in [0.15, 0.2) is 0 Å². The molecule has 4 nitrogen and oxygen atoms in total. The molecule has 1 saturated heterocycles. The summed E-state index contributed by atoms with van der Waals surface area (Å²) in [6.45, 7) is 17.7. The summed E-state index contributed by atoms with van der Waals surface area (Å²) >= 11 is -0.946. The molecule has 0 unspecified atom stereocenters. The number of hydrogen-bond acceptors (Lipinski definition) is 4.